The van der Waals surface area contributed by atoms with Crippen LogP contribution in [-0.4, -0.2) is 12.3 Å². The van der Waals surface area contributed by atoms with Gasteiger partial charge in [-0.15, -0.1) is 0 Å². The average molecular weight is 189 g/mol. The fourth-order valence-corrected chi connectivity index (χ4v) is 2.26. The molecule has 1 aliphatic heterocycles. The van der Waals surface area contributed by atoms with Gasteiger partial charge in [0.2, 0.25) is 0 Å². The van der Waals surface area contributed by atoms with E-state index in [0.717, 1.165) is 6.54 Å². The van der Waals surface area contributed by atoms with E-state index in [-0.39, 0.29) is 11.2 Å². The first-order valence-corrected chi connectivity index (χ1v) is 4.95. The molecule has 0 aliphatic carbocycles. The fraction of sp³-hybridized carbons (Fsp3) is 0.417. The van der Waals surface area contributed by atoms with Crippen molar-refractivity contribution in [2.24, 2.45) is 0 Å². The molecule has 74 valence electrons. The Morgan fingerprint density at radius 2 is 2.21 bits per heavy atom. The Balaban J connectivity index is 2.37. The van der Waals surface area contributed by atoms with Gasteiger partial charge in [-0.2, -0.15) is 0 Å². The molecule has 2 rings (SSSR count). The van der Waals surface area contributed by atoms with E-state index in [2.05, 4.69) is 24.4 Å². The first-order chi connectivity index (χ1) is 6.62. The maximum absolute atomic E-state index is 11.2. The van der Waals surface area contributed by atoms with Crippen molar-refractivity contribution in [1.82, 2.24) is 0 Å². The summed E-state index contributed by atoms with van der Waals surface area (Å²) in [5.41, 5.74) is 2.44. The Hall–Kier alpha value is -1.31. The first kappa shape index (κ1) is 9.25. The molecule has 1 heterocycles. The molecule has 1 unspecified atom stereocenters. The third kappa shape index (κ3) is 1.41. The summed E-state index contributed by atoms with van der Waals surface area (Å²) in [5.74, 6) is 0.256. The summed E-state index contributed by atoms with van der Waals surface area (Å²) >= 11 is 0. The SMILES string of the molecule is CC(=O)CC1(C)CNc2ccccc21. The number of hydrogen-bond donors (Lipinski definition) is 1. The molecule has 1 atom stereocenters. The molecular formula is C12H15NO. The van der Waals surface area contributed by atoms with Gasteiger partial charge in [0, 0.05) is 24.1 Å². The highest BCUT2D eigenvalue weighted by Crippen LogP contribution is 2.38. The molecule has 1 aliphatic rings. The van der Waals surface area contributed by atoms with Gasteiger partial charge in [0.05, 0.1) is 0 Å². The number of Topliss-reactive ketones (excluding diaryl/α,β-unsaturated/α-hetero) is 1. The van der Waals surface area contributed by atoms with Crippen LogP contribution in [0.2, 0.25) is 0 Å². The van der Waals surface area contributed by atoms with Crippen LogP contribution < -0.4 is 5.32 Å². The maximum atomic E-state index is 11.2. The van der Waals surface area contributed by atoms with Gasteiger partial charge >= 0.3 is 0 Å². The van der Waals surface area contributed by atoms with E-state index in [9.17, 15) is 4.79 Å². The number of ketones is 1. The fourth-order valence-electron chi connectivity index (χ4n) is 2.26. The molecule has 2 heteroatoms. The van der Waals surface area contributed by atoms with Gasteiger partial charge in [-0.1, -0.05) is 25.1 Å². The smallest absolute Gasteiger partial charge is 0.130 e. The van der Waals surface area contributed by atoms with Crippen molar-refractivity contribution in [3.05, 3.63) is 29.8 Å². The van der Waals surface area contributed by atoms with Crippen molar-refractivity contribution >= 4 is 11.5 Å². The zero-order valence-electron chi connectivity index (χ0n) is 8.63. The first-order valence-electron chi connectivity index (χ1n) is 4.95. The number of para-hydroxylation sites is 1. The summed E-state index contributed by atoms with van der Waals surface area (Å²) in [6.45, 7) is 4.67. The number of carbonyl (C=O) groups is 1. The van der Waals surface area contributed by atoms with Crippen LogP contribution in [-0.2, 0) is 10.2 Å². The van der Waals surface area contributed by atoms with Gasteiger partial charge in [0.1, 0.15) is 5.78 Å². The van der Waals surface area contributed by atoms with E-state index >= 15 is 0 Å². The number of carbonyl (C=O) groups excluding carboxylic acids is 1. The van der Waals surface area contributed by atoms with Crippen LogP contribution in [0.1, 0.15) is 25.8 Å². The minimum Gasteiger partial charge on any atom is -0.384 e. The third-order valence-corrected chi connectivity index (χ3v) is 2.89. The topological polar surface area (TPSA) is 29.1 Å². The van der Waals surface area contributed by atoms with Gasteiger partial charge in [0.15, 0.2) is 0 Å². The normalized spacial score (nSPS) is 24.1. The van der Waals surface area contributed by atoms with Crippen molar-refractivity contribution < 1.29 is 4.79 Å². The quantitative estimate of drug-likeness (QED) is 0.773. The Kier molecular flexibility index (Phi) is 2.06. The second-order valence-electron chi connectivity index (χ2n) is 4.34. The highest BCUT2D eigenvalue weighted by atomic mass is 16.1. The van der Waals surface area contributed by atoms with Crippen LogP contribution in [0.4, 0.5) is 5.69 Å². The van der Waals surface area contributed by atoms with Crippen LogP contribution in [0.3, 0.4) is 0 Å². The Bertz CT molecular complexity index is 372. The summed E-state index contributed by atoms with van der Waals surface area (Å²) in [4.78, 5) is 11.2. The summed E-state index contributed by atoms with van der Waals surface area (Å²) in [6.07, 6.45) is 0.622. The lowest BCUT2D eigenvalue weighted by atomic mass is 9.80. The zero-order chi connectivity index (χ0) is 10.2. The Labute approximate surface area is 84.3 Å². The monoisotopic (exact) mass is 189 g/mol. The molecule has 0 radical (unpaired) electrons. The second kappa shape index (κ2) is 3.12. The number of benzene rings is 1. The molecule has 0 spiro atoms. The zero-order valence-corrected chi connectivity index (χ0v) is 8.63. The molecule has 1 aromatic carbocycles. The average Bonchev–Trinajstić information content (AvgIpc) is 2.44. The number of nitrogens with one attached hydrogen (secondary N) is 1. The second-order valence-corrected chi connectivity index (χ2v) is 4.34. The number of hydrogen-bond acceptors (Lipinski definition) is 2. The van der Waals surface area contributed by atoms with Crippen molar-refractivity contribution in [2.75, 3.05) is 11.9 Å². The van der Waals surface area contributed by atoms with Crippen molar-refractivity contribution in [1.29, 1.82) is 0 Å². The molecule has 0 amide bonds. The van der Waals surface area contributed by atoms with Gasteiger partial charge in [-0.05, 0) is 18.6 Å². The highest BCUT2D eigenvalue weighted by molar-refractivity contribution is 5.78. The van der Waals surface area contributed by atoms with Crippen molar-refractivity contribution in [2.45, 2.75) is 25.7 Å². The Morgan fingerprint density at radius 1 is 1.50 bits per heavy atom. The minimum atomic E-state index is -0.0115. The molecule has 14 heavy (non-hydrogen) atoms. The van der Waals surface area contributed by atoms with Gasteiger partial charge < -0.3 is 5.32 Å². The third-order valence-electron chi connectivity index (χ3n) is 2.89. The molecule has 0 fully saturated rings. The van der Waals surface area contributed by atoms with Gasteiger partial charge in [-0.25, -0.2) is 0 Å². The van der Waals surface area contributed by atoms with E-state index in [1.807, 2.05) is 12.1 Å². The Morgan fingerprint density at radius 3 is 2.93 bits per heavy atom. The summed E-state index contributed by atoms with van der Waals surface area (Å²) in [5, 5.41) is 3.34. The van der Waals surface area contributed by atoms with Crippen molar-refractivity contribution in [3.63, 3.8) is 0 Å². The van der Waals surface area contributed by atoms with Crippen LogP contribution in [0.15, 0.2) is 24.3 Å². The molecule has 0 bridgehead atoms. The van der Waals surface area contributed by atoms with Gasteiger partial charge in [0.25, 0.3) is 0 Å². The minimum absolute atomic E-state index is 0.0115. The molecule has 1 aromatic rings. The van der Waals surface area contributed by atoms with E-state index in [1.165, 1.54) is 11.3 Å². The molecule has 0 saturated heterocycles. The van der Waals surface area contributed by atoms with E-state index < -0.39 is 0 Å². The summed E-state index contributed by atoms with van der Waals surface area (Å²) in [7, 11) is 0. The highest BCUT2D eigenvalue weighted by Gasteiger charge is 2.34. The molecule has 0 aromatic heterocycles. The number of anilines is 1. The van der Waals surface area contributed by atoms with Crippen LogP contribution in [0.25, 0.3) is 0 Å². The number of rotatable bonds is 2. The predicted octanol–water partition coefficient (Wildman–Crippen LogP) is 2.35. The summed E-state index contributed by atoms with van der Waals surface area (Å²) < 4.78 is 0. The van der Waals surface area contributed by atoms with Crippen LogP contribution in [0, 0.1) is 0 Å². The molecule has 1 N–H and O–H groups in total. The largest absolute Gasteiger partial charge is 0.384 e. The molecule has 2 nitrogen and oxygen atoms in total. The van der Waals surface area contributed by atoms with Gasteiger partial charge in [-0.3, -0.25) is 4.79 Å². The van der Waals surface area contributed by atoms with E-state index in [1.54, 1.807) is 6.92 Å². The number of fused-ring (bicyclic) bond motifs is 1. The standard InChI is InChI=1S/C12H15NO/c1-9(14)7-12(2)8-13-11-6-4-3-5-10(11)12/h3-6,13H,7-8H2,1-2H3. The lowest BCUT2D eigenvalue weighted by Gasteiger charge is -2.22. The maximum Gasteiger partial charge on any atom is 0.130 e. The van der Waals surface area contributed by atoms with E-state index in [4.69, 9.17) is 0 Å². The predicted molar refractivity (Wildman–Crippen MR) is 57.6 cm³/mol. The van der Waals surface area contributed by atoms with Crippen molar-refractivity contribution in [3.8, 4) is 0 Å². The lowest BCUT2D eigenvalue weighted by Crippen LogP contribution is -2.26. The van der Waals surface area contributed by atoms with Crippen LogP contribution in [0.5, 0.6) is 0 Å². The molecule has 0 saturated carbocycles. The summed E-state index contributed by atoms with van der Waals surface area (Å²) in [6, 6.07) is 8.23. The van der Waals surface area contributed by atoms with Crippen LogP contribution >= 0.6 is 0 Å². The van der Waals surface area contributed by atoms with E-state index in [0.29, 0.717) is 6.42 Å². The lowest BCUT2D eigenvalue weighted by molar-refractivity contribution is -0.118. The molecular weight excluding hydrogens is 174 g/mol.